The zero-order chi connectivity index (χ0) is 53.4. The topological polar surface area (TPSA) is 278 Å². The normalized spacial score (nSPS) is 35.0. The van der Waals surface area contributed by atoms with Crippen molar-refractivity contribution >= 4 is 40.9 Å². The standard InChI is InChI=1S/C51H72Cl2O18/c1-12-29-20-25(6)32(55)17-15-14-16-30(21-66-49-42(61)40(59)45(28(9)67-49)69-48(64)35-31(13-2)36(52)39(58)37(53)38(35)57)47(63)68-34(27(8)54)19-24(5)18-26(7)44(29)70-50-43(62)41(60)46(51(10,11)71-50)65-22-33(56)23(3)4/h14-16,18-20,23,27-29,32,34,40-46,49-50,54-55,57-62H,12-13,17,21-22H2,1-11H3/b15-14+,24-19+,25-20+,26-18+,30-16+/t27-,28-,29+,32?,34?,40-,41-,42+,43+,44+,45?,46+,49-,50-/m1/s1. The monoisotopic (exact) mass is 1040 g/mol. The van der Waals surface area contributed by atoms with Gasteiger partial charge in [-0.3, -0.25) is 4.79 Å². The van der Waals surface area contributed by atoms with Crippen molar-refractivity contribution in [2.75, 3.05) is 13.2 Å². The van der Waals surface area contributed by atoms with Gasteiger partial charge in [0, 0.05) is 11.8 Å². The molecule has 0 saturated carbocycles. The Bertz CT molecular complexity index is 2200. The molecule has 14 atom stereocenters. The summed E-state index contributed by atoms with van der Waals surface area (Å²) in [5.74, 6) is -4.46. The maximum absolute atomic E-state index is 13.9. The summed E-state index contributed by atoms with van der Waals surface area (Å²) in [7, 11) is 0. The molecule has 4 rings (SSSR count). The Morgan fingerprint density at radius 3 is 2.14 bits per heavy atom. The lowest BCUT2D eigenvalue weighted by atomic mass is 9.88. The van der Waals surface area contributed by atoms with Crippen LogP contribution in [0.2, 0.25) is 10.0 Å². The van der Waals surface area contributed by atoms with Crippen molar-refractivity contribution in [3.05, 3.63) is 79.9 Å². The quantitative estimate of drug-likeness (QED) is 0.0875. The summed E-state index contributed by atoms with van der Waals surface area (Å²) >= 11 is 12.2. The minimum absolute atomic E-state index is 0.0216. The van der Waals surface area contributed by atoms with Gasteiger partial charge in [-0.15, -0.1) is 0 Å². The van der Waals surface area contributed by atoms with Crippen molar-refractivity contribution in [3.63, 3.8) is 0 Å². The van der Waals surface area contributed by atoms with Gasteiger partial charge in [0.1, 0.15) is 53.8 Å². The number of hydrogen-bond donors (Lipinski definition) is 8. The SMILES string of the molecule is CCc1c(Cl)c(O)c(Cl)c(O)c1C(=O)OC1[C@@H](C)O[C@@H](OC/C2=C\C=C\CC(O)/C(C)=C/[C@H](CC)[C@@H](O[C@@H]3OC(C)(C)[C@@H](OCC(=O)C(C)C)[C@H](O)[C@@H]3O)/C(C)=C/C(C)=C/C([C@@H](C)O)OC2=O)[C@@H](O)[C@H]1O. The molecule has 398 valence electrons. The first kappa shape index (κ1) is 59.8. The maximum atomic E-state index is 13.9. The Kier molecular flexibility index (Phi) is 21.9. The zero-order valence-electron chi connectivity index (χ0n) is 42.1. The number of halogens is 2. The average Bonchev–Trinajstić information content (AvgIpc) is 3.30. The molecule has 3 heterocycles. The summed E-state index contributed by atoms with van der Waals surface area (Å²) < 4.78 is 41.6. The highest BCUT2D eigenvalue weighted by molar-refractivity contribution is 6.39. The Morgan fingerprint density at radius 2 is 1.54 bits per heavy atom. The molecular formula is C51H72Cl2O18. The number of allylic oxidation sites excluding steroid dienone is 4. The van der Waals surface area contributed by atoms with Gasteiger partial charge >= 0.3 is 11.9 Å². The first-order valence-corrected chi connectivity index (χ1v) is 24.5. The summed E-state index contributed by atoms with van der Waals surface area (Å²) in [6.07, 6.45) is -7.51. The zero-order valence-corrected chi connectivity index (χ0v) is 43.6. The third-order valence-corrected chi connectivity index (χ3v) is 13.5. The molecule has 1 aromatic rings. The van der Waals surface area contributed by atoms with Crippen LogP contribution in [0.4, 0.5) is 0 Å². The molecule has 3 unspecified atom stereocenters. The minimum Gasteiger partial charge on any atom is -0.505 e. The van der Waals surface area contributed by atoms with Crippen LogP contribution in [0.15, 0.2) is 58.7 Å². The number of ether oxygens (including phenoxy) is 7. The summed E-state index contributed by atoms with van der Waals surface area (Å²) in [5, 5.41) is 87.2. The van der Waals surface area contributed by atoms with Gasteiger partial charge in [0.2, 0.25) is 0 Å². The van der Waals surface area contributed by atoms with E-state index in [1.165, 1.54) is 32.1 Å². The molecule has 20 heteroatoms. The number of phenols is 2. The molecule has 71 heavy (non-hydrogen) atoms. The van der Waals surface area contributed by atoms with Crippen LogP contribution >= 0.6 is 23.2 Å². The molecule has 0 spiro atoms. The number of esters is 2. The van der Waals surface area contributed by atoms with Crippen molar-refractivity contribution in [1.82, 2.24) is 0 Å². The molecule has 0 amide bonds. The van der Waals surface area contributed by atoms with Gasteiger partial charge in [-0.05, 0) is 96.6 Å². The number of phenolic OH excluding ortho intramolecular Hbond substituents is 2. The molecule has 3 aliphatic heterocycles. The van der Waals surface area contributed by atoms with Gasteiger partial charge in [-0.2, -0.15) is 0 Å². The highest BCUT2D eigenvalue weighted by atomic mass is 35.5. The predicted octanol–water partition coefficient (Wildman–Crippen LogP) is 5.23. The number of ketones is 1. The van der Waals surface area contributed by atoms with E-state index < -0.39 is 132 Å². The van der Waals surface area contributed by atoms with Crippen LogP contribution < -0.4 is 0 Å². The fraction of sp³-hybridized carbons (Fsp3) is 0.627. The number of cyclic esters (lactones) is 1. The lowest BCUT2D eigenvalue weighted by Gasteiger charge is -2.48. The fourth-order valence-corrected chi connectivity index (χ4v) is 8.95. The number of aliphatic hydroxyl groups is 6. The van der Waals surface area contributed by atoms with Crippen molar-refractivity contribution in [1.29, 1.82) is 0 Å². The summed E-state index contributed by atoms with van der Waals surface area (Å²) in [4.78, 5) is 39.7. The van der Waals surface area contributed by atoms with Crippen LogP contribution in [0.3, 0.4) is 0 Å². The number of hydrogen-bond acceptors (Lipinski definition) is 18. The van der Waals surface area contributed by atoms with Gasteiger partial charge in [0.25, 0.3) is 0 Å². The molecule has 2 saturated heterocycles. The van der Waals surface area contributed by atoms with Crippen molar-refractivity contribution < 1.29 is 88.4 Å². The van der Waals surface area contributed by atoms with E-state index >= 15 is 0 Å². The number of Topliss-reactive ketones (excluding diaryl/α,β-unsaturated/α-hetero) is 1. The molecule has 0 bridgehead atoms. The van der Waals surface area contributed by atoms with Crippen molar-refractivity contribution in [2.45, 2.75) is 181 Å². The van der Waals surface area contributed by atoms with Gasteiger partial charge in [-0.1, -0.05) is 80.8 Å². The highest BCUT2D eigenvalue weighted by Crippen LogP contribution is 2.45. The third-order valence-electron chi connectivity index (χ3n) is 12.7. The Balaban J connectivity index is 1.59. The van der Waals surface area contributed by atoms with Crippen LogP contribution in [-0.4, -0.2) is 157 Å². The van der Waals surface area contributed by atoms with Crippen LogP contribution in [0, 0.1) is 11.8 Å². The van der Waals surface area contributed by atoms with E-state index in [0.717, 1.165) is 0 Å². The Morgan fingerprint density at radius 1 is 0.887 bits per heavy atom. The molecule has 0 radical (unpaired) electrons. The number of benzene rings is 1. The van der Waals surface area contributed by atoms with Crippen LogP contribution in [0.1, 0.15) is 105 Å². The minimum atomic E-state index is -1.85. The molecule has 18 nitrogen and oxygen atoms in total. The second-order valence-electron chi connectivity index (χ2n) is 19.1. The van der Waals surface area contributed by atoms with Gasteiger partial charge < -0.3 is 74.0 Å². The predicted molar refractivity (Wildman–Crippen MR) is 261 cm³/mol. The molecule has 3 aliphatic rings. The van der Waals surface area contributed by atoms with Gasteiger partial charge in [-0.25, -0.2) is 9.59 Å². The van der Waals surface area contributed by atoms with E-state index in [4.69, 9.17) is 56.4 Å². The summed E-state index contributed by atoms with van der Waals surface area (Å²) in [6, 6.07) is 0. The number of aliphatic hydroxyl groups excluding tert-OH is 6. The van der Waals surface area contributed by atoms with Crippen molar-refractivity contribution in [2.24, 2.45) is 11.8 Å². The fourth-order valence-electron chi connectivity index (χ4n) is 8.39. The third kappa shape index (κ3) is 14.7. The van der Waals surface area contributed by atoms with Gasteiger partial charge in [0.05, 0.1) is 47.2 Å². The largest absolute Gasteiger partial charge is 0.505 e. The molecule has 1 aromatic carbocycles. The maximum Gasteiger partial charge on any atom is 0.342 e. The lowest BCUT2D eigenvalue weighted by molar-refractivity contribution is -0.336. The van der Waals surface area contributed by atoms with E-state index in [-0.39, 0.29) is 47.3 Å². The Labute approximate surface area is 425 Å². The van der Waals surface area contributed by atoms with Crippen LogP contribution in [0.25, 0.3) is 0 Å². The number of carbonyl (C=O) groups is 3. The molecule has 2 fully saturated rings. The average molecular weight is 1040 g/mol. The molecule has 0 aliphatic carbocycles. The van der Waals surface area contributed by atoms with E-state index in [9.17, 15) is 55.2 Å². The second kappa shape index (κ2) is 26.0. The molecular weight excluding hydrogens is 971 g/mol. The van der Waals surface area contributed by atoms with Crippen LogP contribution in [0.5, 0.6) is 11.5 Å². The van der Waals surface area contributed by atoms with E-state index in [1.807, 2.05) is 13.0 Å². The number of aromatic hydroxyl groups is 2. The van der Waals surface area contributed by atoms with E-state index in [0.29, 0.717) is 23.1 Å². The second-order valence-corrected chi connectivity index (χ2v) is 19.9. The lowest BCUT2D eigenvalue weighted by Crippen LogP contribution is -2.64. The smallest absolute Gasteiger partial charge is 0.342 e. The van der Waals surface area contributed by atoms with E-state index in [1.54, 1.807) is 67.5 Å². The first-order chi connectivity index (χ1) is 33.2. The Hall–Kier alpha value is -3.73. The van der Waals surface area contributed by atoms with Gasteiger partial charge in [0.15, 0.2) is 36.0 Å². The molecule has 8 N–H and O–H groups in total. The number of carbonyl (C=O) groups excluding carboxylic acids is 3. The first-order valence-electron chi connectivity index (χ1n) is 23.7. The van der Waals surface area contributed by atoms with E-state index in [2.05, 4.69) is 0 Å². The van der Waals surface area contributed by atoms with Crippen molar-refractivity contribution in [3.8, 4) is 11.5 Å². The summed E-state index contributed by atoms with van der Waals surface area (Å²) in [6.45, 7) is 17.5. The highest BCUT2D eigenvalue weighted by Gasteiger charge is 2.52. The number of rotatable bonds is 14. The summed E-state index contributed by atoms with van der Waals surface area (Å²) in [5.41, 5.74) is -0.0604. The van der Waals surface area contributed by atoms with Crippen LogP contribution in [-0.2, 0) is 49.2 Å². The molecule has 0 aromatic heterocycles.